The molecule has 1 fully saturated rings. The first-order valence-electron chi connectivity index (χ1n) is 8.82. The highest BCUT2D eigenvalue weighted by atomic mass is 16.7. The number of hydrogen-bond donors (Lipinski definition) is 1. The molecule has 2 heterocycles. The summed E-state index contributed by atoms with van der Waals surface area (Å²) < 4.78 is 15.9. The van der Waals surface area contributed by atoms with Crippen LogP contribution in [0.3, 0.4) is 0 Å². The van der Waals surface area contributed by atoms with Crippen LogP contribution >= 0.6 is 0 Å². The summed E-state index contributed by atoms with van der Waals surface area (Å²) in [5, 5.41) is 2.85. The lowest BCUT2D eigenvalue weighted by atomic mass is 10.2. The lowest BCUT2D eigenvalue weighted by Gasteiger charge is -2.29. The van der Waals surface area contributed by atoms with E-state index in [9.17, 15) is 9.59 Å². The zero-order chi connectivity index (χ0) is 18.4. The van der Waals surface area contributed by atoms with E-state index in [1.165, 1.54) is 6.92 Å². The van der Waals surface area contributed by atoms with Crippen molar-refractivity contribution in [3.63, 3.8) is 0 Å². The monoisotopic (exact) mass is 363 g/mol. The van der Waals surface area contributed by atoms with Crippen LogP contribution in [0.5, 0.6) is 11.5 Å². The lowest BCUT2D eigenvalue weighted by molar-refractivity contribution is -0.134. The quantitative estimate of drug-likeness (QED) is 0.746. The van der Waals surface area contributed by atoms with Crippen LogP contribution in [-0.2, 0) is 20.9 Å². The van der Waals surface area contributed by atoms with Crippen LogP contribution in [-0.4, -0.2) is 74.3 Å². The summed E-state index contributed by atoms with van der Waals surface area (Å²) in [4.78, 5) is 27.9. The van der Waals surface area contributed by atoms with Gasteiger partial charge in [0.15, 0.2) is 11.5 Å². The Labute approximate surface area is 153 Å². The predicted octanol–water partition coefficient (Wildman–Crippen LogP) is 0.212. The minimum Gasteiger partial charge on any atom is -0.454 e. The summed E-state index contributed by atoms with van der Waals surface area (Å²) >= 11 is 0. The highest BCUT2D eigenvalue weighted by Gasteiger charge is 2.17. The van der Waals surface area contributed by atoms with Gasteiger partial charge in [-0.3, -0.25) is 14.5 Å². The third-order valence-corrected chi connectivity index (χ3v) is 4.50. The van der Waals surface area contributed by atoms with Gasteiger partial charge in [0.1, 0.15) is 0 Å². The predicted molar refractivity (Wildman–Crippen MR) is 93.9 cm³/mol. The number of nitrogens with zero attached hydrogens (tertiary/aromatic N) is 2. The fourth-order valence-corrected chi connectivity index (χ4v) is 2.92. The van der Waals surface area contributed by atoms with E-state index in [1.807, 2.05) is 18.2 Å². The number of amides is 2. The van der Waals surface area contributed by atoms with Crippen molar-refractivity contribution in [3.05, 3.63) is 23.8 Å². The van der Waals surface area contributed by atoms with E-state index in [0.717, 1.165) is 38.4 Å². The molecular weight excluding hydrogens is 338 g/mol. The highest BCUT2D eigenvalue weighted by Crippen LogP contribution is 2.32. The Morgan fingerprint density at radius 2 is 1.96 bits per heavy atom. The number of fused-ring (bicyclic) bond motifs is 1. The van der Waals surface area contributed by atoms with Gasteiger partial charge >= 0.3 is 0 Å². The van der Waals surface area contributed by atoms with Gasteiger partial charge in [0.05, 0.1) is 19.8 Å². The molecule has 0 bridgehead atoms. The Bertz CT molecular complexity index is 646. The second kappa shape index (κ2) is 8.86. The molecule has 2 amide bonds. The van der Waals surface area contributed by atoms with Crippen LogP contribution < -0.4 is 14.8 Å². The largest absolute Gasteiger partial charge is 0.454 e. The van der Waals surface area contributed by atoms with Crippen molar-refractivity contribution < 1.29 is 23.8 Å². The molecule has 0 saturated carbocycles. The Morgan fingerprint density at radius 1 is 1.19 bits per heavy atom. The molecule has 2 aliphatic rings. The minimum absolute atomic E-state index is 0.0597. The maximum absolute atomic E-state index is 12.2. The molecular formula is C18H25N3O5. The molecule has 142 valence electrons. The van der Waals surface area contributed by atoms with Crippen molar-refractivity contribution in [1.82, 2.24) is 15.1 Å². The van der Waals surface area contributed by atoms with Gasteiger partial charge in [-0.1, -0.05) is 6.07 Å². The molecule has 0 aromatic heterocycles. The summed E-state index contributed by atoms with van der Waals surface area (Å²) in [5.41, 5.74) is 0.922. The molecule has 0 radical (unpaired) electrons. The average Bonchev–Trinajstić information content (AvgIpc) is 3.12. The molecule has 8 nitrogen and oxygen atoms in total. The fraction of sp³-hybridized carbons (Fsp3) is 0.556. The van der Waals surface area contributed by atoms with Gasteiger partial charge in [-0.25, -0.2) is 0 Å². The van der Waals surface area contributed by atoms with Gasteiger partial charge in [0, 0.05) is 39.6 Å². The molecule has 1 N–H and O–H groups in total. The fourth-order valence-electron chi connectivity index (χ4n) is 2.92. The number of carbonyl (C=O) groups is 2. The first-order chi connectivity index (χ1) is 12.6. The van der Waals surface area contributed by atoms with Crippen LogP contribution in [0.25, 0.3) is 0 Å². The molecule has 2 aliphatic heterocycles. The van der Waals surface area contributed by atoms with E-state index in [2.05, 4.69) is 10.2 Å². The maximum atomic E-state index is 12.2. The van der Waals surface area contributed by atoms with E-state index < -0.39 is 0 Å². The molecule has 0 spiro atoms. The number of benzene rings is 1. The van der Waals surface area contributed by atoms with Crippen molar-refractivity contribution in [3.8, 4) is 11.5 Å². The van der Waals surface area contributed by atoms with Crippen molar-refractivity contribution in [2.24, 2.45) is 0 Å². The topological polar surface area (TPSA) is 80.3 Å². The smallest absolute Gasteiger partial charge is 0.239 e. The standard InChI is InChI=1S/C18H25N3O5/c1-14(22)21(5-4-20-6-8-24-9-7-20)12-18(23)19-11-15-2-3-16-17(10-15)26-13-25-16/h2-3,10H,4-9,11-13H2,1H3,(H,19,23). The van der Waals surface area contributed by atoms with Crippen LogP contribution in [0.4, 0.5) is 0 Å². The molecule has 0 aliphatic carbocycles. The van der Waals surface area contributed by atoms with Crippen LogP contribution in [0.15, 0.2) is 18.2 Å². The minimum atomic E-state index is -0.181. The molecule has 1 aromatic carbocycles. The second-order valence-electron chi connectivity index (χ2n) is 6.36. The normalized spacial score (nSPS) is 16.3. The van der Waals surface area contributed by atoms with Gasteiger partial charge < -0.3 is 24.4 Å². The van der Waals surface area contributed by atoms with Crippen molar-refractivity contribution in [2.75, 3.05) is 52.7 Å². The summed E-state index contributed by atoms with van der Waals surface area (Å²) in [7, 11) is 0. The maximum Gasteiger partial charge on any atom is 0.239 e. The van der Waals surface area contributed by atoms with E-state index in [0.29, 0.717) is 24.6 Å². The van der Waals surface area contributed by atoms with Gasteiger partial charge in [-0.2, -0.15) is 0 Å². The highest BCUT2D eigenvalue weighted by molar-refractivity contribution is 5.83. The van der Waals surface area contributed by atoms with E-state index in [4.69, 9.17) is 14.2 Å². The first kappa shape index (κ1) is 18.5. The average molecular weight is 363 g/mol. The van der Waals surface area contributed by atoms with Gasteiger partial charge in [0.2, 0.25) is 18.6 Å². The van der Waals surface area contributed by atoms with E-state index in [1.54, 1.807) is 4.90 Å². The zero-order valence-corrected chi connectivity index (χ0v) is 15.0. The van der Waals surface area contributed by atoms with Crippen molar-refractivity contribution >= 4 is 11.8 Å². The Hall–Kier alpha value is -2.32. The number of morpholine rings is 1. The number of hydrogen-bond acceptors (Lipinski definition) is 6. The molecule has 1 saturated heterocycles. The Morgan fingerprint density at radius 3 is 2.73 bits per heavy atom. The third-order valence-electron chi connectivity index (χ3n) is 4.50. The third kappa shape index (κ3) is 5.09. The molecule has 8 heteroatoms. The van der Waals surface area contributed by atoms with Gasteiger partial charge in [-0.05, 0) is 17.7 Å². The molecule has 0 unspecified atom stereocenters. The zero-order valence-electron chi connectivity index (χ0n) is 15.0. The van der Waals surface area contributed by atoms with Gasteiger partial charge in [-0.15, -0.1) is 0 Å². The summed E-state index contributed by atoms with van der Waals surface area (Å²) in [6.45, 7) is 6.60. The lowest BCUT2D eigenvalue weighted by Crippen LogP contribution is -2.45. The van der Waals surface area contributed by atoms with Gasteiger partial charge in [0.25, 0.3) is 0 Å². The molecule has 1 aromatic rings. The summed E-state index contributed by atoms with van der Waals surface area (Å²) in [6, 6.07) is 5.56. The number of ether oxygens (including phenoxy) is 3. The van der Waals surface area contributed by atoms with Crippen molar-refractivity contribution in [1.29, 1.82) is 0 Å². The number of carbonyl (C=O) groups excluding carboxylic acids is 2. The summed E-state index contributed by atoms with van der Waals surface area (Å²) in [6.07, 6.45) is 0. The SMILES string of the molecule is CC(=O)N(CCN1CCOCC1)CC(=O)NCc1ccc2c(c1)OCO2. The number of nitrogens with one attached hydrogen (secondary N) is 1. The van der Waals surface area contributed by atoms with Crippen LogP contribution in [0.2, 0.25) is 0 Å². The summed E-state index contributed by atoms with van der Waals surface area (Å²) in [5.74, 6) is 1.12. The first-order valence-corrected chi connectivity index (χ1v) is 8.82. The van der Waals surface area contributed by atoms with E-state index in [-0.39, 0.29) is 25.2 Å². The Kier molecular flexibility index (Phi) is 6.30. The molecule has 26 heavy (non-hydrogen) atoms. The number of rotatable bonds is 7. The van der Waals surface area contributed by atoms with Crippen LogP contribution in [0.1, 0.15) is 12.5 Å². The van der Waals surface area contributed by atoms with E-state index >= 15 is 0 Å². The molecule has 0 atom stereocenters. The van der Waals surface area contributed by atoms with Crippen LogP contribution in [0, 0.1) is 0 Å². The Balaban J connectivity index is 1.44. The second-order valence-corrected chi connectivity index (χ2v) is 6.36. The molecule has 3 rings (SSSR count). The van der Waals surface area contributed by atoms with Crippen molar-refractivity contribution in [2.45, 2.75) is 13.5 Å².